The van der Waals surface area contributed by atoms with E-state index in [1.807, 2.05) is 0 Å². The number of nitro groups is 1. The Morgan fingerprint density at radius 3 is 2.75 bits per heavy atom. The summed E-state index contributed by atoms with van der Waals surface area (Å²) >= 11 is 0. The van der Waals surface area contributed by atoms with Gasteiger partial charge >= 0.3 is 0 Å². The van der Waals surface area contributed by atoms with Gasteiger partial charge in [0.2, 0.25) is 6.04 Å². The Labute approximate surface area is 98.1 Å². The molecule has 1 rings (SSSR count). The van der Waals surface area contributed by atoms with Crippen LogP contribution in [0.4, 0.5) is 0 Å². The van der Waals surface area contributed by atoms with Gasteiger partial charge in [-0.05, 0) is 25.7 Å². The van der Waals surface area contributed by atoms with Crippen LogP contribution in [-0.4, -0.2) is 11.0 Å². The molecule has 0 aromatic heterocycles. The van der Waals surface area contributed by atoms with Crippen LogP contribution < -0.4 is 0 Å². The quantitative estimate of drug-likeness (QED) is 0.297. The summed E-state index contributed by atoms with van der Waals surface area (Å²) in [6.07, 6.45) is 13.0. The van der Waals surface area contributed by atoms with Crippen LogP contribution in [0.5, 0.6) is 0 Å². The van der Waals surface area contributed by atoms with Crippen LogP contribution in [0.25, 0.3) is 0 Å². The van der Waals surface area contributed by atoms with Crippen LogP contribution in [-0.2, 0) is 0 Å². The monoisotopic (exact) mass is 225 g/mol. The highest BCUT2D eigenvalue weighted by Gasteiger charge is 2.31. The molecule has 0 aromatic carbocycles. The molecule has 0 radical (unpaired) electrons. The zero-order chi connectivity index (χ0) is 11.8. The summed E-state index contributed by atoms with van der Waals surface area (Å²) in [5.41, 5.74) is 0. The lowest BCUT2D eigenvalue weighted by Crippen LogP contribution is -2.30. The molecule has 3 nitrogen and oxygen atoms in total. The number of unbranched alkanes of at least 4 members (excludes halogenated alkanes) is 3. The minimum Gasteiger partial charge on any atom is -0.264 e. The van der Waals surface area contributed by atoms with Gasteiger partial charge in [-0.15, -0.1) is 0 Å². The highest BCUT2D eigenvalue weighted by Crippen LogP contribution is 2.27. The lowest BCUT2D eigenvalue weighted by Gasteiger charge is -2.22. The Morgan fingerprint density at radius 2 is 2.06 bits per heavy atom. The van der Waals surface area contributed by atoms with Crippen LogP contribution >= 0.6 is 0 Å². The highest BCUT2D eigenvalue weighted by molar-refractivity contribution is 4.93. The SMILES string of the molecule is CCCCC/C=C/[C@@H]1CCCC[C@H]1[N+](=O)[O-]. The van der Waals surface area contributed by atoms with Crippen LogP contribution in [0, 0.1) is 16.0 Å². The number of allylic oxidation sites excluding steroid dienone is 1. The fourth-order valence-corrected chi connectivity index (χ4v) is 2.41. The first kappa shape index (κ1) is 13.2. The average molecular weight is 225 g/mol. The van der Waals surface area contributed by atoms with Crippen molar-refractivity contribution in [3.63, 3.8) is 0 Å². The van der Waals surface area contributed by atoms with Crippen LogP contribution in [0.2, 0.25) is 0 Å². The van der Waals surface area contributed by atoms with Gasteiger partial charge in [-0.25, -0.2) is 0 Å². The lowest BCUT2D eigenvalue weighted by molar-refractivity contribution is -0.533. The third kappa shape index (κ3) is 4.33. The van der Waals surface area contributed by atoms with Crippen LogP contribution in [0.3, 0.4) is 0 Å². The van der Waals surface area contributed by atoms with Gasteiger partial charge in [-0.2, -0.15) is 0 Å². The van der Waals surface area contributed by atoms with Crippen molar-refractivity contribution in [3.8, 4) is 0 Å². The molecule has 0 N–H and O–H groups in total. The van der Waals surface area contributed by atoms with Crippen molar-refractivity contribution in [1.82, 2.24) is 0 Å². The molecule has 0 aromatic rings. The lowest BCUT2D eigenvalue weighted by atomic mass is 9.84. The molecule has 3 heteroatoms. The Hall–Kier alpha value is -0.860. The van der Waals surface area contributed by atoms with Gasteiger partial charge in [0.1, 0.15) is 0 Å². The first-order chi connectivity index (χ1) is 7.75. The minimum absolute atomic E-state index is 0.0831. The van der Waals surface area contributed by atoms with Crippen molar-refractivity contribution in [2.24, 2.45) is 5.92 Å². The standard InChI is InChI=1S/C13H23NO2/c1-2-3-4-5-6-9-12-10-7-8-11-13(12)14(15)16/h6,9,12-13H,2-5,7-8,10-11H2,1H3/b9-6+/t12-,13-/m1/s1. The first-order valence-corrected chi connectivity index (χ1v) is 6.56. The molecule has 16 heavy (non-hydrogen) atoms. The molecule has 92 valence electrons. The molecule has 0 spiro atoms. The molecule has 1 saturated carbocycles. The third-order valence-corrected chi connectivity index (χ3v) is 3.41. The van der Waals surface area contributed by atoms with E-state index in [0.717, 1.165) is 32.1 Å². The fraction of sp³-hybridized carbons (Fsp3) is 0.846. The summed E-state index contributed by atoms with van der Waals surface area (Å²) in [6.45, 7) is 2.19. The van der Waals surface area contributed by atoms with Gasteiger partial charge in [0.05, 0.1) is 0 Å². The van der Waals surface area contributed by atoms with Gasteiger partial charge in [-0.1, -0.05) is 38.3 Å². The summed E-state index contributed by atoms with van der Waals surface area (Å²) in [4.78, 5) is 10.8. The van der Waals surface area contributed by atoms with Crippen molar-refractivity contribution >= 4 is 0 Å². The molecule has 0 heterocycles. The minimum atomic E-state index is -0.323. The second-order valence-corrected chi connectivity index (χ2v) is 4.72. The molecule has 2 atom stereocenters. The maximum Gasteiger partial charge on any atom is 0.219 e. The third-order valence-electron chi connectivity index (χ3n) is 3.41. The number of hydrogen-bond donors (Lipinski definition) is 0. The van der Waals surface area contributed by atoms with E-state index in [1.54, 1.807) is 0 Å². The summed E-state index contributed by atoms with van der Waals surface area (Å²) in [5.74, 6) is 0.186. The number of hydrogen-bond acceptors (Lipinski definition) is 2. The molecule has 1 aliphatic carbocycles. The first-order valence-electron chi connectivity index (χ1n) is 6.56. The number of rotatable bonds is 6. The van der Waals surface area contributed by atoms with Crippen LogP contribution in [0.15, 0.2) is 12.2 Å². The number of nitrogens with zero attached hydrogens (tertiary/aromatic N) is 1. The van der Waals surface area contributed by atoms with E-state index in [-0.39, 0.29) is 16.9 Å². The van der Waals surface area contributed by atoms with Gasteiger partial charge in [-0.3, -0.25) is 10.1 Å². The molecule has 0 bridgehead atoms. The Balaban J connectivity index is 2.34. The second kappa shape index (κ2) is 7.42. The maximum absolute atomic E-state index is 10.9. The topological polar surface area (TPSA) is 43.1 Å². The normalized spacial score (nSPS) is 26.1. The molecular formula is C13H23NO2. The fourth-order valence-electron chi connectivity index (χ4n) is 2.41. The zero-order valence-corrected chi connectivity index (χ0v) is 10.2. The van der Waals surface area contributed by atoms with E-state index < -0.39 is 0 Å². The van der Waals surface area contributed by atoms with Gasteiger partial charge in [0, 0.05) is 17.3 Å². The molecular weight excluding hydrogens is 202 g/mol. The van der Waals surface area contributed by atoms with E-state index in [4.69, 9.17) is 0 Å². The summed E-state index contributed by atoms with van der Waals surface area (Å²) in [7, 11) is 0. The summed E-state index contributed by atoms with van der Waals surface area (Å²) in [6, 6.07) is -0.323. The van der Waals surface area contributed by atoms with Gasteiger partial charge < -0.3 is 0 Å². The van der Waals surface area contributed by atoms with Crippen molar-refractivity contribution in [3.05, 3.63) is 22.3 Å². The van der Waals surface area contributed by atoms with E-state index in [1.165, 1.54) is 19.3 Å². The van der Waals surface area contributed by atoms with Crippen molar-refractivity contribution < 1.29 is 4.92 Å². The smallest absolute Gasteiger partial charge is 0.219 e. The molecule has 0 unspecified atom stereocenters. The Bertz CT molecular complexity index is 238. The van der Waals surface area contributed by atoms with E-state index in [9.17, 15) is 10.1 Å². The predicted molar refractivity (Wildman–Crippen MR) is 66.0 cm³/mol. The molecule has 0 amide bonds. The summed E-state index contributed by atoms with van der Waals surface area (Å²) in [5, 5.41) is 10.9. The van der Waals surface area contributed by atoms with Gasteiger partial charge in [0.25, 0.3) is 0 Å². The molecule has 1 fully saturated rings. The Morgan fingerprint density at radius 1 is 1.31 bits per heavy atom. The maximum atomic E-state index is 10.9. The van der Waals surface area contributed by atoms with Crippen molar-refractivity contribution in [2.45, 2.75) is 64.3 Å². The summed E-state index contributed by atoms with van der Waals surface area (Å²) < 4.78 is 0. The van der Waals surface area contributed by atoms with E-state index in [0.29, 0.717) is 0 Å². The van der Waals surface area contributed by atoms with Gasteiger partial charge in [0.15, 0.2) is 0 Å². The van der Waals surface area contributed by atoms with E-state index in [2.05, 4.69) is 19.1 Å². The highest BCUT2D eigenvalue weighted by atomic mass is 16.6. The molecule has 1 aliphatic rings. The average Bonchev–Trinajstić information content (AvgIpc) is 2.29. The zero-order valence-electron chi connectivity index (χ0n) is 10.2. The Kier molecular flexibility index (Phi) is 6.12. The predicted octanol–water partition coefficient (Wildman–Crippen LogP) is 3.96. The van der Waals surface area contributed by atoms with E-state index >= 15 is 0 Å². The largest absolute Gasteiger partial charge is 0.264 e. The second-order valence-electron chi connectivity index (χ2n) is 4.72. The van der Waals surface area contributed by atoms with Crippen molar-refractivity contribution in [1.29, 1.82) is 0 Å². The molecule has 0 aliphatic heterocycles. The van der Waals surface area contributed by atoms with Crippen molar-refractivity contribution in [2.75, 3.05) is 0 Å². The van der Waals surface area contributed by atoms with Crippen LogP contribution in [0.1, 0.15) is 58.3 Å². The molecule has 0 saturated heterocycles.